The highest BCUT2D eigenvalue weighted by Gasteiger charge is 2.01. The molecular formula is C10H10BrN3S2. The first-order valence-electron chi connectivity index (χ1n) is 4.57. The second-order valence-electron chi connectivity index (χ2n) is 3.02. The molecule has 6 heteroatoms. The van der Waals surface area contributed by atoms with Crippen LogP contribution in [0.3, 0.4) is 0 Å². The van der Waals surface area contributed by atoms with Gasteiger partial charge in [-0.2, -0.15) is 0 Å². The van der Waals surface area contributed by atoms with E-state index in [0.29, 0.717) is 0 Å². The number of nitrogen functional groups attached to an aromatic ring is 1. The van der Waals surface area contributed by atoms with Crippen LogP contribution in [0, 0.1) is 0 Å². The summed E-state index contributed by atoms with van der Waals surface area (Å²) < 4.78 is 1.10. The van der Waals surface area contributed by atoms with Gasteiger partial charge >= 0.3 is 0 Å². The number of benzene rings is 1. The quantitative estimate of drug-likeness (QED) is 0.515. The number of hydrogen-bond acceptors (Lipinski definition) is 5. The number of nitrogens with two attached hydrogens (primary N) is 1. The minimum Gasteiger partial charge on any atom is -0.300 e. The molecule has 0 amide bonds. The SMILES string of the molecule is NNc1ncc(CSc2ccc(Br)cc2)s1. The molecule has 2 aromatic rings. The van der Waals surface area contributed by atoms with Gasteiger partial charge in [-0.1, -0.05) is 15.9 Å². The Hall–Kier alpha value is -0.560. The zero-order valence-electron chi connectivity index (χ0n) is 8.31. The Morgan fingerprint density at radius 2 is 2.12 bits per heavy atom. The predicted octanol–water partition coefficient (Wildman–Crippen LogP) is 3.48. The van der Waals surface area contributed by atoms with Crippen molar-refractivity contribution in [2.45, 2.75) is 10.6 Å². The summed E-state index contributed by atoms with van der Waals surface area (Å²) >= 11 is 6.78. The molecule has 1 aromatic heterocycles. The maximum Gasteiger partial charge on any atom is 0.197 e. The summed E-state index contributed by atoms with van der Waals surface area (Å²) in [6.45, 7) is 0. The van der Waals surface area contributed by atoms with Crippen molar-refractivity contribution < 1.29 is 0 Å². The molecule has 0 unspecified atom stereocenters. The maximum atomic E-state index is 5.27. The summed E-state index contributed by atoms with van der Waals surface area (Å²) in [5.41, 5.74) is 2.54. The van der Waals surface area contributed by atoms with Gasteiger partial charge in [0.2, 0.25) is 0 Å². The van der Waals surface area contributed by atoms with E-state index in [0.717, 1.165) is 15.4 Å². The largest absolute Gasteiger partial charge is 0.300 e. The molecule has 0 bridgehead atoms. The molecule has 0 fully saturated rings. The summed E-state index contributed by atoms with van der Waals surface area (Å²) in [7, 11) is 0. The van der Waals surface area contributed by atoms with E-state index in [1.165, 1.54) is 9.77 Å². The van der Waals surface area contributed by atoms with E-state index in [1.54, 1.807) is 23.1 Å². The normalized spacial score (nSPS) is 10.4. The fourth-order valence-corrected chi connectivity index (χ4v) is 3.03. The molecule has 2 rings (SSSR count). The molecule has 0 atom stereocenters. The Kier molecular flexibility index (Phi) is 4.22. The van der Waals surface area contributed by atoms with E-state index in [4.69, 9.17) is 5.84 Å². The van der Waals surface area contributed by atoms with Crippen LogP contribution in [-0.4, -0.2) is 4.98 Å². The zero-order chi connectivity index (χ0) is 11.4. The molecule has 0 aliphatic rings. The Morgan fingerprint density at radius 3 is 2.75 bits per heavy atom. The highest BCUT2D eigenvalue weighted by Crippen LogP contribution is 2.27. The van der Waals surface area contributed by atoms with Crippen LogP contribution in [0.15, 0.2) is 39.8 Å². The molecule has 1 aromatic carbocycles. The van der Waals surface area contributed by atoms with Gasteiger partial charge in [0.05, 0.1) is 0 Å². The van der Waals surface area contributed by atoms with E-state index >= 15 is 0 Å². The minimum absolute atomic E-state index is 0.756. The lowest BCUT2D eigenvalue weighted by Gasteiger charge is -1.99. The van der Waals surface area contributed by atoms with Crippen LogP contribution in [0.25, 0.3) is 0 Å². The van der Waals surface area contributed by atoms with Gasteiger partial charge in [-0.05, 0) is 24.3 Å². The number of thiazole rings is 1. The van der Waals surface area contributed by atoms with Gasteiger partial charge < -0.3 is 0 Å². The number of nitrogens with zero attached hydrogens (tertiary/aromatic N) is 1. The van der Waals surface area contributed by atoms with Crippen molar-refractivity contribution >= 4 is 44.2 Å². The number of halogens is 1. The molecule has 0 spiro atoms. The second kappa shape index (κ2) is 5.67. The van der Waals surface area contributed by atoms with Gasteiger partial charge in [-0.25, -0.2) is 10.8 Å². The van der Waals surface area contributed by atoms with Gasteiger partial charge in [0.25, 0.3) is 0 Å². The van der Waals surface area contributed by atoms with Crippen molar-refractivity contribution in [1.82, 2.24) is 4.98 Å². The Morgan fingerprint density at radius 1 is 1.38 bits per heavy atom. The summed E-state index contributed by atoms with van der Waals surface area (Å²) in [6, 6.07) is 8.28. The third-order valence-electron chi connectivity index (χ3n) is 1.87. The third kappa shape index (κ3) is 3.21. The molecule has 0 radical (unpaired) electrons. The monoisotopic (exact) mass is 315 g/mol. The van der Waals surface area contributed by atoms with Crippen molar-refractivity contribution in [2.24, 2.45) is 5.84 Å². The van der Waals surface area contributed by atoms with Crippen LogP contribution in [0.2, 0.25) is 0 Å². The lowest BCUT2D eigenvalue weighted by molar-refractivity contribution is 1.28. The van der Waals surface area contributed by atoms with E-state index in [-0.39, 0.29) is 0 Å². The Labute approximate surface area is 111 Å². The van der Waals surface area contributed by atoms with Crippen LogP contribution >= 0.6 is 39.0 Å². The van der Waals surface area contributed by atoms with Crippen molar-refractivity contribution in [3.8, 4) is 0 Å². The number of hydrogen-bond donors (Lipinski definition) is 2. The maximum absolute atomic E-state index is 5.27. The third-order valence-corrected chi connectivity index (χ3v) is 4.57. The first-order chi connectivity index (χ1) is 7.78. The summed E-state index contributed by atoms with van der Waals surface area (Å²) in [5.74, 6) is 6.19. The summed E-state index contributed by atoms with van der Waals surface area (Å²) in [6.07, 6.45) is 1.85. The molecule has 0 saturated carbocycles. The topological polar surface area (TPSA) is 50.9 Å². The minimum atomic E-state index is 0.756. The van der Waals surface area contributed by atoms with E-state index in [9.17, 15) is 0 Å². The first kappa shape index (κ1) is 11.9. The predicted molar refractivity (Wildman–Crippen MR) is 73.6 cm³/mol. The van der Waals surface area contributed by atoms with Gasteiger partial charge in [0.15, 0.2) is 5.13 Å². The van der Waals surface area contributed by atoms with Crippen molar-refractivity contribution in [3.63, 3.8) is 0 Å². The van der Waals surface area contributed by atoms with Crippen LogP contribution in [0.4, 0.5) is 5.13 Å². The number of nitrogens with one attached hydrogen (secondary N) is 1. The lowest BCUT2D eigenvalue weighted by atomic mass is 10.4. The molecule has 3 nitrogen and oxygen atoms in total. The number of thioether (sulfide) groups is 1. The van der Waals surface area contributed by atoms with E-state index in [2.05, 4.69) is 38.5 Å². The molecule has 0 aliphatic heterocycles. The fraction of sp³-hybridized carbons (Fsp3) is 0.100. The van der Waals surface area contributed by atoms with Gasteiger partial charge in [0.1, 0.15) is 0 Å². The van der Waals surface area contributed by atoms with Crippen molar-refractivity contribution in [2.75, 3.05) is 5.43 Å². The summed E-state index contributed by atoms with van der Waals surface area (Å²) in [5, 5.41) is 0.756. The molecule has 0 aliphatic carbocycles. The average Bonchev–Trinajstić information content (AvgIpc) is 2.76. The van der Waals surface area contributed by atoms with Crippen molar-refractivity contribution in [1.29, 1.82) is 0 Å². The highest BCUT2D eigenvalue weighted by atomic mass is 79.9. The number of rotatable bonds is 4. The standard InChI is InChI=1S/C10H10BrN3S2/c11-7-1-3-8(4-2-7)15-6-9-5-13-10(14-12)16-9/h1-5H,6,12H2,(H,13,14). The van der Waals surface area contributed by atoms with E-state index < -0.39 is 0 Å². The van der Waals surface area contributed by atoms with Crippen LogP contribution in [-0.2, 0) is 5.75 Å². The molecule has 16 heavy (non-hydrogen) atoms. The molecule has 84 valence electrons. The molecular weight excluding hydrogens is 306 g/mol. The van der Waals surface area contributed by atoms with Gasteiger partial charge in [0, 0.05) is 26.2 Å². The van der Waals surface area contributed by atoms with Gasteiger partial charge in [-0.3, -0.25) is 5.43 Å². The number of anilines is 1. The van der Waals surface area contributed by atoms with Crippen LogP contribution < -0.4 is 11.3 Å². The first-order valence-corrected chi connectivity index (χ1v) is 7.17. The average molecular weight is 316 g/mol. The molecule has 1 heterocycles. The number of aromatic nitrogens is 1. The Bertz CT molecular complexity index is 455. The van der Waals surface area contributed by atoms with Crippen molar-refractivity contribution in [3.05, 3.63) is 39.8 Å². The lowest BCUT2D eigenvalue weighted by Crippen LogP contribution is -2.05. The zero-order valence-corrected chi connectivity index (χ0v) is 11.5. The smallest absolute Gasteiger partial charge is 0.197 e. The Balaban J connectivity index is 1.94. The molecule has 0 saturated heterocycles. The van der Waals surface area contributed by atoms with E-state index in [1.807, 2.05) is 18.3 Å². The fourth-order valence-electron chi connectivity index (χ4n) is 1.13. The second-order valence-corrected chi connectivity index (χ2v) is 6.10. The number of hydrazine groups is 1. The summed E-state index contributed by atoms with van der Waals surface area (Å²) in [4.78, 5) is 6.58. The molecule has 3 N–H and O–H groups in total. The highest BCUT2D eigenvalue weighted by molar-refractivity contribution is 9.10. The van der Waals surface area contributed by atoms with Crippen LogP contribution in [0.1, 0.15) is 4.88 Å². The van der Waals surface area contributed by atoms with Gasteiger partial charge in [-0.15, -0.1) is 23.1 Å². The van der Waals surface area contributed by atoms with Crippen LogP contribution in [0.5, 0.6) is 0 Å².